The van der Waals surface area contributed by atoms with Crippen molar-refractivity contribution in [3.05, 3.63) is 24.3 Å². The Morgan fingerprint density at radius 1 is 1.47 bits per heavy atom. The molecule has 0 amide bonds. The molecule has 0 aromatic heterocycles. The average Bonchev–Trinajstić information content (AvgIpc) is 2.90. The summed E-state index contributed by atoms with van der Waals surface area (Å²) in [5.41, 5.74) is 6.78. The molecule has 0 aliphatic carbocycles. The number of methoxy groups -OCH3 is 1. The molecule has 3 N–H and O–H groups in total. The number of benzene rings is 1. The van der Waals surface area contributed by atoms with Crippen LogP contribution in [0.2, 0.25) is 0 Å². The van der Waals surface area contributed by atoms with Gasteiger partial charge in [-0.05, 0) is 42.9 Å². The van der Waals surface area contributed by atoms with Gasteiger partial charge in [0, 0.05) is 10.9 Å². The summed E-state index contributed by atoms with van der Waals surface area (Å²) >= 11 is 1.99. The zero-order chi connectivity index (χ0) is 12.8. The Morgan fingerprint density at radius 2 is 2.21 bits per heavy atom. The molecular weight excluding hydrogens is 373 g/mol. The summed E-state index contributed by atoms with van der Waals surface area (Å²) in [7, 11) is 1.65. The van der Waals surface area contributed by atoms with E-state index in [1.807, 2.05) is 36.0 Å². The summed E-state index contributed by atoms with van der Waals surface area (Å²) in [5.74, 6) is 2.57. The normalized spacial score (nSPS) is 18.8. The van der Waals surface area contributed by atoms with E-state index in [0.717, 1.165) is 18.0 Å². The topological polar surface area (TPSA) is 59.6 Å². The smallest absolute Gasteiger partial charge is 0.193 e. The van der Waals surface area contributed by atoms with Crippen molar-refractivity contribution in [3.8, 4) is 5.75 Å². The molecular formula is C13H20IN3OS. The van der Waals surface area contributed by atoms with E-state index in [1.165, 1.54) is 18.6 Å². The van der Waals surface area contributed by atoms with Crippen LogP contribution in [-0.2, 0) is 0 Å². The van der Waals surface area contributed by atoms with Crippen LogP contribution in [0.15, 0.2) is 29.3 Å². The summed E-state index contributed by atoms with van der Waals surface area (Å²) in [5, 5.41) is 3.72. The van der Waals surface area contributed by atoms with Gasteiger partial charge in [-0.3, -0.25) is 4.99 Å². The molecule has 1 aromatic rings. The molecule has 1 unspecified atom stereocenters. The summed E-state index contributed by atoms with van der Waals surface area (Å²) in [6, 6.07) is 7.63. The van der Waals surface area contributed by atoms with Gasteiger partial charge in [0.05, 0.1) is 13.7 Å². The van der Waals surface area contributed by atoms with Crippen LogP contribution in [0.25, 0.3) is 0 Å². The van der Waals surface area contributed by atoms with Gasteiger partial charge in [0.15, 0.2) is 5.96 Å². The highest BCUT2D eigenvalue weighted by molar-refractivity contribution is 14.0. The van der Waals surface area contributed by atoms with E-state index in [-0.39, 0.29) is 24.0 Å². The van der Waals surface area contributed by atoms with Gasteiger partial charge in [-0.15, -0.1) is 24.0 Å². The largest absolute Gasteiger partial charge is 0.497 e. The lowest BCUT2D eigenvalue weighted by Gasteiger charge is -2.08. The van der Waals surface area contributed by atoms with Crippen molar-refractivity contribution < 1.29 is 4.74 Å². The maximum Gasteiger partial charge on any atom is 0.193 e. The highest BCUT2D eigenvalue weighted by Gasteiger charge is 2.14. The van der Waals surface area contributed by atoms with Crippen molar-refractivity contribution in [2.24, 2.45) is 10.7 Å². The summed E-state index contributed by atoms with van der Waals surface area (Å²) in [4.78, 5) is 4.38. The predicted octanol–water partition coefficient (Wildman–Crippen LogP) is 2.94. The molecule has 4 nitrogen and oxygen atoms in total. The molecule has 1 saturated heterocycles. The fourth-order valence-electron chi connectivity index (χ4n) is 1.85. The number of nitrogens with two attached hydrogens (primary N) is 1. The maximum atomic E-state index is 5.85. The molecule has 0 bridgehead atoms. The minimum absolute atomic E-state index is 0. The number of thioether (sulfide) groups is 1. The SMILES string of the molecule is COc1ccc(NC(N)=NCC2CCCS2)cc1.I. The first-order valence-electron chi connectivity index (χ1n) is 6.10. The number of nitrogens with one attached hydrogen (secondary N) is 1. The lowest BCUT2D eigenvalue weighted by atomic mass is 10.2. The Balaban J connectivity index is 0.00000180. The number of halogens is 1. The summed E-state index contributed by atoms with van der Waals surface area (Å²) in [6.45, 7) is 0.805. The van der Waals surface area contributed by atoms with E-state index >= 15 is 0 Å². The molecule has 1 atom stereocenters. The van der Waals surface area contributed by atoms with Gasteiger partial charge in [-0.25, -0.2) is 0 Å². The highest BCUT2D eigenvalue weighted by Crippen LogP contribution is 2.26. The van der Waals surface area contributed by atoms with Gasteiger partial charge in [-0.1, -0.05) is 0 Å². The van der Waals surface area contributed by atoms with E-state index in [0.29, 0.717) is 11.2 Å². The van der Waals surface area contributed by atoms with Crippen molar-refractivity contribution in [2.45, 2.75) is 18.1 Å². The maximum absolute atomic E-state index is 5.85. The number of ether oxygens (including phenoxy) is 1. The van der Waals surface area contributed by atoms with Crippen LogP contribution in [0.1, 0.15) is 12.8 Å². The first kappa shape index (κ1) is 16.4. The van der Waals surface area contributed by atoms with E-state index in [4.69, 9.17) is 10.5 Å². The van der Waals surface area contributed by atoms with Crippen LogP contribution in [-0.4, -0.2) is 30.6 Å². The van der Waals surface area contributed by atoms with Crippen molar-refractivity contribution in [2.75, 3.05) is 24.7 Å². The van der Waals surface area contributed by atoms with Gasteiger partial charge < -0.3 is 15.8 Å². The molecule has 19 heavy (non-hydrogen) atoms. The molecule has 0 spiro atoms. The van der Waals surface area contributed by atoms with Crippen LogP contribution >= 0.6 is 35.7 Å². The Kier molecular flexibility index (Phi) is 7.37. The van der Waals surface area contributed by atoms with Gasteiger partial charge in [-0.2, -0.15) is 11.8 Å². The number of rotatable bonds is 4. The Bertz CT molecular complexity index is 405. The van der Waals surface area contributed by atoms with Crippen LogP contribution in [0, 0.1) is 0 Å². The number of anilines is 1. The molecule has 6 heteroatoms. The van der Waals surface area contributed by atoms with Crippen molar-refractivity contribution in [3.63, 3.8) is 0 Å². The van der Waals surface area contributed by atoms with Crippen LogP contribution in [0.5, 0.6) is 5.75 Å². The third kappa shape index (κ3) is 5.48. The summed E-state index contributed by atoms with van der Waals surface area (Å²) in [6.07, 6.45) is 2.56. The number of hydrogen-bond acceptors (Lipinski definition) is 3. The van der Waals surface area contributed by atoms with Gasteiger partial charge >= 0.3 is 0 Å². The fraction of sp³-hybridized carbons (Fsp3) is 0.462. The van der Waals surface area contributed by atoms with Crippen molar-refractivity contribution in [1.82, 2.24) is 0 Å². The minimum Gasteiger partial charge on any atom is -0.497 e. The second kappa shape index (κ2) is 8.52. The molecule has 1 aliphatic rings. The van der Waals surface area contributed by atoms with Crippen LogP contribution in [0.3, 0.4) is 0 Å². The average molecular weight is 393 g/mol. The van der Waals surface area contributed by atoms with Crippen LogP contribution < -0.4 is 15.8 Å². The number of guanidine groups is 1. The number of nitrogens with zero attached hydrogens (tertiary/aromatic N) is 1. The minimum atomic E-state index is 0. The molecule has 1 heterocycles. The standard InChI is InChI=1S/C13H19N3OS.HI/c1-17-11-6-4-10(5-7-11)16-13(14)15-9-12-3-2-8-18-12;/h4-7,12H,2-3,8-9H2,1H3,(H3,14,15,16);1H. The molecule has 106 valence electrons. The van der Waals surface area contributed by atoms with E-state index in [2.05, 4.69) is 10.3 Å². The van der Waals surface area contributed by atoms with Crippen LogP contribution in [0.4, 0.5) is 5.69 Å². The second-order valence-electron chi connectivity index (χ2n) is 4.21. The Morgan fingerprint density at radius 3 is 2.79 bits per heavy atom. The van der Waals surface area contributed by atoms with E-state index in [1.54, 1.807) is 7.11 Å². The zero-order valence-corrected chi connectivity index (χ0v) is 14.1. The molecule has 1 aromatic carbocycles. The fourth-order valence-corrected chi connectivity index (χ4v) is 3.03. The van der Waals surface area contributed by atoms with Crippen molar-refractivity contribution in [1.29, 1.82) is 0 Å². The van der Waals surface area contributed by atoms with Gasteiger partial charge in [0.1, 0.15) is 5.75 Å². The highest BCUT2D eigenvalue weighted by atomic mass is 127. The first-order chi connectivity index (χ1) is 8.78. The van der Waals surface area contributed by atoms with Gasteiger partial charge in [0.2, 0.25) is 0 Å². The number of hydrogen-bond donors (Lipinski definition) is 2. The third-order valence-corrected chi connectivity index (χ3v) is 4.23. The first-order valence-corrected chi connectivity index (χ1v) is 7.15. The molecule has 1 fully saturated rings. The summed E-state index contributed by atoms with van der Waals surface area (Å²) < 4.78 is 5.10. The number of aliphatic imine (C=N–C) groups is 1. The quantitative estimate of drug-likeness (QED) is 0.469. The third-order valence-electron chi connectivity index (χ3n) is 2.85. The second-order valence-corrected chi connectivity index (χ2v) is 5.62. The van der Waals surface area contributed by atoms with E-state index < -0.39 is 0 Å². The predicted molar refractivity (Wildman–Crippen MR) is 94.0 cm³/mol. The van der Waals surface area contributed by atoms with Crippen molar-refractivity contribution >= 4 is 47.4 Å². The molecule has 0 radical (unpaired) electrons. The monoisotopic (exact) mass is 393 g/mol. The lowest BCUT2D eigenvalue weighted by Crippen LogP contribution is -2.23. The molecule has 2 rings (SSSR count). The molecule has 1 aliphatic heterocycles. The Labute approximate surface area is 135 Å². The zero-order valence-electron chi connectivity index (χ0n) is 11.0. The lowest BCUT2D eigenvalue weighted by molar-refractivity contribution is 0.415. The Hall–Kier alpha value is -0.630. The van der Waals surface area contributed by atoms with Gasteiger partial charge in [0.25, 0.3) is 0 Å². The van der Waals surface area contributed by atoms with E-state index in [9.17, 15) is 0 Å². The molecule has 0 saturated carbocycles.